The minimum atomic E-state index is -3.69. The number of hydrogen-bond donors (Lipinski definition) is 0. The number of pyridine rings is 1. The van der Waals surface area contributed by atoms with Crippen LogP contribution in [0.3, 0.4) is 0 Å². The fourth-order valence-corrected chi connectivity index (χ4v) is 5.88. The summed E-state index contributed by atoms with van der Waals surface area (Å²) in [4.78, 5) is 4.57. The Morgan fingerprint density at radius 1 is 1.15 bits per heavy atom. The van der Waals surface area contributed by atoms with Crippen LogP contribution in [0.25, 0.3) is 0 Å². The van der Waals surface area contributed by atoms with Crippen molar-refractivity contribution in [3.63, 3.8) is 0 Å². The van der Waals surface area contributed by atoms with E-state index < -0.39 is 24.5 Å². The molecule has 0 aliphatic rings. The van der Waals surface area contributed by atoms with Gasteiger partial charge in [-0.3, -0.25) is 4.18 Å². The molecule has 0 bridgehead atoms. The molecule has 0 radical (unpaired) electrons. The minimum absolute atomic E-state index is 0.0105. The van der Waals surface area contributed by atoms with Crippen LogP contribution in [0.2, 0.25) is 18.1 Å². The molecule has 0 saturated heterocycles. The van der Waals surface area contributed by atoms with Crippen LogP contribution in [0.4, 0.5) is 0 Å². The molecule has 2 aromatic rings. The maximum absolute atomic E-state index is 12.1. The Morgan fingerprint density at radius 3 is 2.33 bits per heavy atom. The van der Waals surface area contributed by atoms with Crippen molar-refractivity contribution in [1.29, 1.82) is 5.26 Å². The van der Waals surface area contributed by atoms with Gasteiger partial charge in [-0.25, -0.2) is 4.98 Å². The minimum Gasteiger partial charge on any atom is -0.414 e. The predicted molar refractivity (Wildman–Crippen MR) is 136 cm³/mol. The average Bonchev–Trinajstić information content (AvgIpc) is 2.70. The molecule has 0 aliphatic heterocycles. The number of rotatable bonds is 10. The van der Waals surface area contributed by atoms with E-state index in [1.807, 2.05) is 43.3 Å². The first-order chi connectivity index (χ1) is 15.2. The van der Waals surface area contributed by atoms with E-state index >= 15 is 0 Å². The topological polar surface area (TPSA) is 89.3 Å². The summed E-state index contributed by atoms with van der Waals surface area (Å²) in [5.74, 6) is 0. The Bertz CT molecular complexity index is 1080. The quantitative estimate of drug-likeness (QED) is 0.227. The second-order valence-corrected chi connectivity index (χ2v) is 17.3. The third-order valence-corrected chi connectivity index (χ3v) is 12.2. The van der Waals surface area contributed by atoms with Gasteiger partial charge in [0.1, 0.15) is 17.2 Å². The number of aryl methyl sites for hydroxylation is 1. The van der Waals surface area contributed by atoms with Crippen molar-refractivity contribution in [2.75, 3.05) is 12.9 Å². The molecule has 0 amide bonds. The smallest absolute Gasteiger partial charge is 0.264 e. The van der Waals surface area contributed by atoms with Crippen LogP contribution in [0.1, 0.15) is 49.3 Å². The lowest BCUT2D eigenvalue weighted by Crippen LogP contribution is -2.43. The molecular formula is C24H34N2O4S2Si. The zero-order valence-electron chi connectivity index (χ0n) is 20.5. The first-order valence-electron chi connectivity index (χ1n) is 10.8. The summed E-state index contributed by atoms with van der Waals surface area (Å²) in [5.41, 5.74) is 2.31. The average molecular weight is 507 g/mol. The number of nitrogens with zero attached hydrogens (tertiary/aromatic N) is 2. The van der Waals surface area contributed by atoms with Crippen molar-refractivity contribution in [3.8, 4) is 6.07 Å². The maximum atomic E-state index is 12.1. The molecule has 0 saturated carbocycles. The van der Waals surface area contributed by atoms with Crippen molar-refractivity contribution in [1.82, 2.24) is 4.98 Å². The van der Waals surface area contributed by atoms with Crippen LogP contribution in [0, 0.1) is 18.3 Å². The van der Waals surface area contributed by atoms with Crippen LogP contribution < -0.4 is 0 Å². The Hall–Kier alpha value is -1.70. The van der Waals surface area contributed by atoms with E-state index in [9.17, 15) is 13.7 Å². The lowest BCUT2D eigenvalue weighted by molar-refractivity contribution is 0.119. The highest BCUT2D eigenvalue weighted by Crippen LogP contribution is 2.41. The van der Waals surface area contributed by atoms with Gasteiger partial charge in [-0.1, -0.05) is 62.9 Å². The Labute approximate surface area is 204 Å². The van der Waals surface area contributed by atoms with Gasteiger partial charge in [0.15, 0.2) is 8.32 Å². The van der Waals surface area contributed by atoms with E-state index in [0.717, 1.165) is 17.5 Å². The summed E-state index contributed by atoms with van der Waals surface area (Å²) in [6, 6.07) is 15.6. The van der Waals surface area contributed by atoms with Crippen molar-refractivity contribution < 1.29 is 17.0 Å². The lowest BCUT2D eigenvalue weighted by Gasteiger charge is -2.37. The van der Waals surface area contributed by atoms with Crippen LogP contribution in [-0.2, 0) is 18.7 Å². The Kier molecular flexibility index (Phi) is 9.30. The fourth-order valence-electron chi connectivity index (χ4n) is 2.90. The van der Waals surface area contributed by atoms with E-state index in [1.54, 1.807) is 6.07 Å². The van der Waals surface area contributed by atoms with Gasteiger partial charge in [-0.05, 0) is 49.2 Å². The highest BCUT2D eigenvalue weighted by Gasteiger charge is 2.38. The fraction of sp³-hybridized carbons (Fsp3) is 0.500. The number of thioether (sulfide) groups is 1. The summed E-state index contributed by atoms with van der Waals surface area (Å²) in [6.07, 6.45) is 0.784. The summed E-state index contributed by atoms with van der Waals surface area (Å²) < 4.78 is 35.9. The molecule has 33 heavy (non-hydrogen) atoms. The monoisotopic (exact) mass is 506 g/mol. The maximum Gasteiger partial charge on any atom is 0.264 e. The first kappa shape index (κ1) is 27.5. The second kappa shape index (κ2) is 11.1. The summed E-state index contributed by atoms with van der Waals surface area (Å²) >= 11 is 1.45. The molecule has 9 heteroatoms. The van der Waals surface area contributed by atoms with E-state index in [2.05, 4.69) is 44.9 Å². The summed E-state index contributed by atoms with van der Waals surface area (Å²) in [7, 11) is -5.80. The Morgan fingerprint density at radius 2 is 1.79 bits per heavy atom. The molecule has 0 aliphatic carbocycles. The molecule has 6 nitrogen and oxygen atoms in total. The van der Waals surface area contributed by atoms with Gasteiger partial charge in [0, 0.05) is 10.9 Å². The molecule has 0 unspecified atom stereocenters. The summed E-state index contributed by atoms with van der Waals surface area (Å²) in [6.45, 7) is 12.7. The molecule has 1 aromatic heterocycles. The van der Waals surface area contributed by atoms with Gasteiger partial charge in [0.25, 0.3) is 10.1 Å². The van der Waals surface area contributed by atoms with Crippen LogP contribution in [0.5, 0.6) is 0 Å². The van der Waals surface area contributed by atoms with Crippen LogP contribution in [-0.4, -0.2) is 40.7 Å². The molecule has 2 atom stereocenters. The van der Waals surface area contributed by atoms with Gasteiger partial charge in [-0.2, -0.15) is 13.7 Å². The number of nitriles is 1. The molecule has 0 N–H and O–H groups in total. The van der Waals surface area contributed by atoms with E-state index in [-0.39, 0.29) is 16.9 Å². The molecule has 1 heterocycles. The van der Waals surface area contributed by atoms with E-state index in [1.165, 1.54) is 11.8 Å². The molecule has 180 valence electrons. The van der Waals surface area contributed by atoms with Gasteiger partial charge >= 0.3 is 0 Å². The van der Waals surface area contributed by atoms with Gasteiger partial charge < -0.3 is 4.43 Å². The molecule has 1 aromatic carbocycles. The van der Waals surface area contributed by atoms with Gasteiger partial charge in [0.2, 0.25) is 0 Å². The largest absolute Gasteiger partial charge is 0.414 e. The highest BCUT2D eigenvalue weighted by atomic mass is 32.2. The van der Waals surface area contributed by atoms with Gasteiger partial charge in [-0.15, -0.1) is 0 Å². The van der Waals surface area contributed by atoms with Crippen LogP contribution in [0.15, 0.2) is 47.5 Å². The second-order valence-electron chi connectivity index (χ2n) is 9.66. The molecule has 0 spiro atoms. The first-order valence-corrected chi connectivity index (χ1v) is 16.4. The van der Waals surface area contributed by atoms with E-state index in [4.69, 9.17) is 8.61 Å². The van der Waals surface area contributed by atoms with Crippen molar-refractivity contribution >= 4 is 30.2 Å². The standard InChI is InChI=1S/C24H34N2O4S2Si/c1-18-13-14-20(16-25)23(26-18)31-22(19-11-9-8-10-12-19)15-21(30-32(5,27)28)17-29-33(6,7)24(2,3)4/h8-14,21-22H,15,17H2,1-7H3/t21-,22-/m1/s1. The normalized spacial score (nSPS) is 14.5. The van der Waals surface area contributed by atoms with Crippen molar-refractivity contribution in [2.45, 2.75) is 68.6 Å². The molecule has 0 fully saturated rings. The van der Waals surface area contributed by atoms with Crippen molar-refractivity contribution in [3.05, 3.63) is 59.3 Å². The zero-order chi connectivity index (χ0) is 24.9. The van der Waals surface area contributed by atoms with Crippen molar-refractivity contribution in [2.24, 2.45) is 0 Å². The molecular weight excluding hydrogens is 472 g/mol. The Balaban J connectivity index is 2.37. The molecule has 2 rings (SSSR count). The van der Waals surface area contributed by atoms with Gasteiger partial charge in [0.05, 0.1) is 18.4 Å². The van der Waals surface area contributed by atoms with Crippen LogP contribution >= 0.6 is 11.8 Å². The number of aromatic nitrogens is 1. The summed E-state index contributed by atoms with van der Waals surface area (Å²) in [5, 5.41) is 9.99. The SMILES string of the molecule is Cc1ccc(C#N)c(S[C@H](C[C@H](CO[Si](C)(C)C(C)(C)C)OS(C)(=O)=O)c2ccccc2)n1. The third kappa shape index (κ3) is 8.54. The van der Waals surface area contributed by atoms with E-state index in [0.29, 0.717) is 17.0 Å². The number of hydrogen-bond acceptors (Lipinski definition) is 7. The number of benzene rings is 1. The zero-order valence-corrected chi connectivity index (χ0v) is 23.1. The third-order valence-electron chi connectivity index (χ3n) is 5.77. The predicted octanol–water partition coefficient (Wildman–Crippen LogP) is 5.85. The highest BCUT2D eigenvalue weighted by molar-refractivity contribution is 7.99. The lowest BCUT2D eigenvalue weighted by atomic mass is 10.1.